The van der Waals surface area contributed by atoms with Crippen molar-refractivity contribution < 1.29 is 14.3 Å². The van der Waals surface area contributed by atoms with Crippen molar-refractivity contribution in [2.24, 2.45) is 0 Å². The van der Waals surface area contributed by atoms with Gasteiger partial charge in [0, 0.05) is 37.1 Å². The highest BCUT2D eigenvalue weighted by atomic mass is 16.5. The fourth-order valence-corrected chi connectivity index (χ4v) is 4.71. The smallest absolute Gasteiger partial charge is 0.255 e. The molecule has 0 radical (unpaired) electrons. The fraction of sp³-hybridized carbons (Fsp3) is 0.409. The maximum Gasteiger partial charge on any atom is 0.255 e. The first-order valence-corrected chi connectivity index (χ1v) is 10.1. The van der Waals surface area contributed by atoms with Crippen molar-refractivity contribution in [3.05, 3.63) is 59.9 Å². The van der Waals surface area contributed by atoms with E-state index in [1.54, 1.807) is 6.20 Å². The molecule has 5 rings (SSSR count). The summed E-state index contributed by atoms with van der Waals surface area (Å²) in [5.74, 6) is 0.0345. The topological polar surface area (TPSA) is 83.6 Å². The first-order valence-electron chi connectivity index (χ1n) is 10.1. The minimum atomic E-state index is -0.578. The Morgan fingerprint density at radius 3 is 2.69 bits per heavy atom. The molecule has 1 aromatic heterocycles. The second-order valence-electron chi connectivity index (χ2n) is 8.23. The van der Waals surface area contributed by atoms with Gasteiger partial charge in [-0.15, -0.1) is 0 Å². The molecule has 2 N–H and O–H groups in total. The lowest BCUT2D eigenvalue weighted by molar-refractivity contribution is -0.135. The van der Waals surface area contributed by atoms with Gasteiger partial charge in [-0.2, -0.15) is 0 Å². The third-order valence-corrected chi connectivity index (χ3v) is 6.23. The molecule has 1 aromatic carbocycles. The molecule has 1 atom stereocenters. The van der Waals surface area contributed by atoms with E-state index in [0.717, 1.165) is 24.2 Å². The molecule has 3 aliphatic rings. The van der Waals surface area contributed by atoms with Gasteiger partial charge in [-0.1, -0.05) is 18.2 Å². The number of piperidine rings is 1. The molecule has 2 fully saturated rings. The SMILES string of the molecule is O=C1NC2(COC3(CCN(C(=O)Cc4ccccn4)CC3)C2)Nc2ccccc21. The van der Waals surface area contributed by atoms with Crippen LogP contribution in [-0.2, 0) is 16.0 Å². The summed E-state index contributed by atoms with van der Waals surface area (Å²) in [5.41, 5.74) is 1.41. The number of fused-ring (bicyclic) bond motifs is 1. The summed E-state index contributed by atoms with van der Waals surface area (Å²) in [5, 5.41) is 6.62. The summed E-state index contributed by atoms with van der Waals surface area (Å²) in [4.78, 5) is 31.3. The van der Waals surface area contributed by atoms with E-state index in [2.05, 4.69) is 15.6 Å². The first-order chi connectivity index (χ1) is 14.1. The third kappa shape index (κ3) is 3.35. The van der Waals surface area contributed by atoms with Crippen LogP contribution in [0.5, 0.6) is 0 Å². The van der Waals surface area contributed by atoms with E-state index < -0.39 is 5.66 Å². The Morgan fingerprint density at radius 2 is 1.90 bits per heavy atom. The van der Waals surface area contributed by atoms with Crippen LogP contribution >= 0.6 is 0 Å². The largest absolute Gasteiger partial charge is 0.370 e. The Hall–Kier alpha value is -2.93. The molecule has 2 aromatic rings. The van der Waals surface area contributed by atoms with Crippen molar-refractivity contribution in [1.29, 1.82) is 0 Å². The predicted octanol–water partition coefficient (Wildman–Crippen LogP) is 1.96. The second kappa shape index (κ2) is 6.84. The molecule has 4 heterocycles. The molecule has 1 unspecified atom stereocenters. The molecular weight excluding hydrogens is 368 g/mol. The third-order valence-electron chi connectivity index (χ3n) is 6.23. The molecule has 0 saturated carbocycles. The molecule has 2 amide bonds. The van der Waals surface area contributed by atoms with E-state index in [-0.39, 0.29) is 17.4 Å². The van der Waals surface area contributed by atoms with Crippen molar-refractivity contribution in [2.45, 2.75) is 36.9 Å². The van der Waals surface area contributed by atoms with Crippen molar-refractivity contribution in [1.82, 2.24) is 15.2 Å². The Kier molecular flexibility index (Phi) is 4.28. The Morgan fingerprint density at radius 1 is 1.10 bits per heavy atom. The van der Waals surface area contributed by atoms with Gasteiger partial charge in [0.2, 0.25) is 5.91 Å². The van der Waals surface area contributed by atoms with Gasteiger partial charge in [0.25, 0.3) is 5.91 Å². The number of nitrogens with zero attached hydrogens (tertiary/aromatic N) is 2. The van der Waals surface area contributed by atoms with E-state index in [1.807, 2.05) is 47.4 Å². The average Bonchev–Trinajstić information content (AvgIpc) is 3.06. The zero-order valence-electron chi connectivity index (χ0n) is 16.2. The number of anilines is 1. The molecule has 29 heavy (non-hydrogen) atoms. The zero-order chi connectivity index (χ0) is 19.9. The monoisotopic (exact) mass is 392 g/mol. The normalized spacial score (nSPS) is 24.8. The molecule has 0 aliphatic carbocycles. The van der Waals surface area contributed by atoms with Gasteiger partial charge in [0.1, 0.15) is 5.66 Å². The summed E-state index contributed by atoms with van der Waals surface area (Å²) in [6.45, 7) is 1.74. The number of benzene rings is 1. The highest BCUT2D eigenvalue weighted by Crippen LogP contribution is 2.42. The molecule has 2 saturated heterocycles. The molecule has 2 spiro atoms. The average molecular weight is 392 g/mol. The second-order valence-corrected chi connectivity index (χ2v) is 8.23. The van der Waals surface area contributed by atoms with E-state index in [1.165, 1.54) is 0 Å². The van der Waals surface area contributed by atoms with Gasteiger partial charge in [-0.3, -0.25) is 14.6 Å². The van der Waals surface area contributed by atoms with Gasteiger partial charge in [0.15, 0.2) is 0 Å². The number of rotatable bonds is 2. The Bertz CT molecular complexity index is 940. The summed E-state index contributed by atoms with van der Waals surface area (Å²) < 4.78 is 6.26. The highest BCUT2D eigenvalue weighted by Gasteiger charge is 2.53. The molecule has 7 heteroatoms. The molecule has 0 bridgehead atoms. The number of hydrogen-bond acceptors (Lipinski definition) is 5. The number of carbonyl (C=O) groups is 2. The quantitative estimate of drug-likeness (QED) is 0.816. The predicted molar refractivity (Wildman–Crippen MR) is 107 cm³/mol. The number of pyridine rings is 1. The standard InChI is InChI=1S/C22H24N4O3/c27-19(13-16-5-3-4-10-23-16)26-11-8-21(9-12-26)14-22(15-29-21)24-18-7-2-1-6-17(18)20(28)25-22/h1-7,10,24H,8-9,11-15H2,(H,25,28). The van der Waals surface area contributed by atoms with Gasteiger partial charge < -0.3 is 20.3 Å². The van der Waals surface area contributed by atoms with Crippen LogP contribution in [0.15, 0.2) is 48.7 Å². The van der Waals surface area contributed by atoms with Gasteiger partial charge >= 0.3 is 0 Å². The number of hydrogen-bond donors (Lipinski definition) is 2. The number of ether oxygens (including phenoxy) is 1. The summed E-state index contributed by atoms with van der Waals surface area (Å²) in [6.07, 6.45) is 4.27. The Balaban J connectivity index is 1.23. The Labute approximate surface area is 169 Å². The molecule has 150 valence electrons. The van der Waals surface area contributed by atoms with Crippen LogP contribution in [0.3, 0.4) is 0 Å². The lowest BCUT2D eigenvalue weighted by Crippen LogP contribution is -2.59. The first kappa shape index (κ1) is 18.1. The summed E-state index contributed by atoms with van der Waals surface area (Å²) in [6, 6.07) is 13.2. The number of aromatic nitrogens is 1. The van der Waals surface area contributed by atoms with E-state index in [4.69, 9.17) is 4.74 Å². The lowest BCUT2D eigenvalue weighted by atomic mass is 9.84. The molecule has 7 nitrogen and oxygen atoms in total. The minimum Gasteiger partial charge on any atom is -0.370 e. The van der Waals surface area contributed by atoms with Crippen LogP contribution < -0.4 is 10.6 Å². The fourth-order valence-electron chi connectivity index (χ4n) is 4.71. The van der Waals surface area contributed by atoms with E-state index in [0.29, 0.717) is 38.1 Å². The van der Waals surface area contributed by atoms with Crippen molar-refractivity contribution in [3.8, 4) is 0 Å². The van der Waals surface area contributed by atoms with Crippen LogP contribution in [-0.4, -0.2) is 52.7 Å². The summed E-state index contributed by atoms with van der Waals surface area (Å²) >= 11 is 0. The minimum absolute atomic E-state index is 0.0667. The van der Waals surface area contributed by atoms with Crippen molar-refractivity contribution in [3.63, 3.8) is 0 Å². The van der Waals surface area contributed by atoms with Crippen molar-refractivity contribution >= 4 is 17.5 Å². The number of likely N-dealkylation sites (tertiary alicyclic amines) is 1. The van der Waals surface area contributed by atoms with Crippen LogP contribution in [0.2, 0.25) is 0 Å². The molecular formula is C22H24N4O3. The highest BCUT2D eigenvalue weighted by molar-refractivity contribution is 6.02. The van der Waals surface area contributed by atoms with E-state index in [9.17, 15) is 9.59 Å². The number of amides is 2. The maximum atomic E-state index is 12.6. The van der Waals surface area contributed by atoms with Crippen LogP contribution in [0.1, 0.15) is 35.3 Å². The lowest BCUT2D eigenvalue weighted by Gasteiger charge is -2.41. The zero-order valence-corrected chi connectivity index (χ0v) is 16.2. The van der Waals surface area contributed by atoms with Crippen molar-refractivity contribution in [2.75, 3.05) is 25.0 Å². The number of nitrogens with one attached hydrogen (secondary N) is 2. The number of para-hydroxylation sites is 1. The maximum absolute atomic E-state index is 12.6. The van der Waals surface area contributed by atoms with Crippen LogP contribution in [0, 0.1) is 0 Å². The summed E-state index contributed by atoms with van der Waals surface area (Å²) in [7, 11) is 0. The van der Waals surface area contributed by atoms with Crippen LogP contribution in [0.4, 0.5) is 5.69 Å². The van der Waals surface area contributed by atoms with Gasteiger partial charge in [-0.25, -0.2) is 0 Å². The number of carbonyl (C=O) groups excluding carboxylic acids is 2. The van der Waals surface area contributed by atoms with E-state index >= 15 is 0 Å². The van der Waals surface area contributed by atoms with Gasteiger partial charge in [-0.05, 0) is 37.1 Å². The van der Waals surface area contributed by atoms with Crippen LogP contribution in [0.25, 0.3) is 0 Å². The molecule has 3 aliphatic heterocycles. The van der Waals surface area contributed by atoms with Gasteiger partial charge in [0.05, 0.1) is 24.2 Å².